The number of aromatic nitrogens is 2. The minimum atomic E-state index is -0.245. The van der Waals surface area contributed by atoms with Gasteiger partial charge in [0.25, 0.3) is 0 Å². The third kappa shape index (κ3) is 3.14. The Morgan fingerprint density at radius 1 is 1.30 bits per heavy atom. The van der Waals surface area contributed by atoms with Crippen molar-refractivity contribution >= 4 is 6.29 Å². The highest BCUT2D eigenvalue weighted by molar-refractivity contribution is 5.71. The maximum absolute atomic E-state index is 10.9. The monoisotopic (exact) mass is 272 g/mol. The molecule has 0 radical (unpaired) electrons. The van der Waals surface area contributed by atoms with E-state index < -0.39 is 0 Å². The molecule has 0 fully saturated rings. The van der Waals surface area contributed by atoms with Gasteiger partial charge in [0, 0.05) is 12.5 Å². The molecule has 1 heterocycles. The summed E-state index contributed by atoms with van der Waals surface area (Å²) in [5.74, 6) is 0.854. The first kappa shape index (κ1) is 14.5. The van der Waals surface area contributed by atoms with Crippen LogP contribution in [0.4, 0.5) is 0 Å². The van der Waals surface area contributed by atoms with Crippen molar-refractivity contribution in [1.82, 2.24) is 9.55 Å². The topological polar surface area (TPSA) is 44.1 Å². The molecular formula is C16H20N2O2. The number of imidazole rings is 1. The van der Waals surface area contributed by atoms with Crippen molar-refractivity contribution < 1.29 is 9.53 Å². The van der Waals surface area contributed by atoms with Gasteiger partial charge in [0.15, 0.2) is 6.29 Å². The summed E-state index contributed by atoms with van der Waals surface area (Å²) in [4.78, 5) is 15.2. The van der Waals surface area contributed by atoms with Crippen molar-refractivity contribution in [3.8, 4) is 0 Å². The molecule has 0 amide bonds. The lowest BCUT2D eigenvalue weighted by Crippen LogP contribution is -2.28. The van der Waals surface area contributed by atoms with Gasteiger partial charge in [-0.2, -0.15) is 0 Å². The molecule has 2 aromatic rings. The molecule has 0 N–H and O–H groups in total. The van der Waals surface area contributed by atoms with Gasteiger partial charge in [-0.3, -0.25) is 4.79 Å². The molecule has 2 rings (SSSR count). The average Bonchev–Trinajstić information content (AvgIpc) is 2.81. The Hall–Kier alpha value is -1.94. The molecule has 106 valence electrons. The van der Waals surface area contributed by atoms with Gasteiger partial charge in [0.1, 0.15) is 11.5 Å². The summed E-state index contributed by atoms with van der Waals surface area (Å²) in [6.07, 6.45) is 2.42. The van der Waals surface area contributed by atoms with E-state index in [9.17, 15) is 4.79 Å². The standard InChI is InChI=1S/C16H20N2O2/c1-16(2,15-17-9-14(10-19)18(15)3)12-20-11-13-7-5-4-6-8-13/h4-10H,11-12H2,1-3H3. The molecule has 1 aromatic heterocycles. The average molecular weight is 272 g/mol. The molecule has 0 aliphatic heterocycles. The summed E-state index contributed by atoms with van der Waals surface area (Å²) in [5, 5.41) is 0. The quantitative estimate of drug-likeness (QED) is 0.759. The smallest absolute Gasteiger partial charge is 0.168 e. The highest BCUT2D eigenvalue weighted by Crippen LogP contribution is 2.23. The van der Waals surface area contributed by atoms with Crippen molar-refractivity contribution in [3.63, 3.8) is 0 Å². The van der Waals surface area contributed by atoms with E-state index in [1.54, 1.807) is 6.20 Å². The number of hydrogen-bond donors (Lipinski definition) is 0. The van der Waals surface area contributed by atoms with E-state index >= 15 is 0 Å². The van der Waals surface area contributed by atoms with Crippen LogP contribution in [0.1, 0.15) is 35.7 Å². The molecule has 0 atom stereocenters. The second-order valence-corrected chi connectivity index (χ2v) is 5.55. The SMILES string of the molecule is Cn1c(C=O)cnc1C(C)(C)COCc1ccccc1. The first-order chi connectivity index (χ1) is 9.54. The summed E-state index contributed by atoms with van der Waals surface area (Å²) in [6, 6.07) is 10.1. The zero-order chi connectivity index (χ0) is 14.6. The van der Waals surface area contributed by atoms with E-state index in [4.69, 9.17) is 4.74 Å². The minimum absolute atomic E-state index is 0.245. The summed E-state index contributed by atoms with van der Waals surface area (Å²) in [6.45, 7) is 5.25. The lowest BCUT2D eigenvalue weighted by molar-refractivity contribution is 0.0786. The van der Waals surface area contributed by atoms with Crippen LogP contribution in [0.15, 0.2) is 36.5 Å². The maximum Gasteiger partial charge on any atom is 0.168 e. The summed E-state index contributed by atoms with van der Waals surface area (Å²) >= 11 is 0. The van der Waals surface area contributed by atoms with Gasteiger partial charge in [0.2, 0.25) is 0 Å². The Bertz CT molecular complexity index is 573. The predicted octanol–water partition coefficient (Wildman–Crippen LogP) is 2.73. The molecule has 0 saturated heterocycles. The number of hydrogen-bond acceptors (Lipinski definition) is 3. The van der Waals surface area contributed by atoms with E-state index in [0.29, 0.717) is 18.9 Å². The zero-order valence-electron chi connectivity index (χ0n) is 12.2. The van der Waals surface area contributed by atoms with Crippen LogP contribution in [0, 0.1) is 0 Å². The van der Waals surface area contributed by atoms with Crippen LogP contribution in [0.3, 0.4) is 0 Å². The second-order valence-electron chi connectivity index (χ2n) is 5.55. The highest BCUT2D eigenvalue weighted by atomic mass is 16.5. The van der Waals surface area contributed by atoms with Crippen molar-refractivity contribution in [2.45, 2.75) is 25.9 Å². The second kappa shape index (κ2) is 6.01. The number of carbonyl (C=O) groups is 1. The molecule has 4 nitrogen and oxygen atoms in total. The Labute approximate surface area is 119 Å². The van der Waals surface area contributed by atoms with Gasteiger partial charge >= 0.3 is 0 Å². The van der Waals surface area contributed by atoms with Crippen molar-refractivity contribution in [2.24, 2.45) is 7.05 Å². The molecule has 0 bridgehead atoms. The summed E-state index contributed by atoms with van der Waals surface area (Å²) in [5.41, 5.74) is 1.48. The normalized spacial score (nSPS) is 11.6. The van der Waals surface area contributed by atoms with Gasteiger partial charge in [-0.25, -0.2) is 4.98 Å². The number of carbonyl (C=O) groups excluding carboxylic acids is 1. The predicted molar refractivity (Wildman–Crippen MR) is 77.7 cm³/mol. The van der Waals surface area contributed by atoms with Crippen LogP contribution in [0.5, 0.6) is 0 Å². The molecule has 0 aliphatic carbocycles. The molecule has 0 aliphatic rings. The van der Waals surface area contributed by atoms with Crippen LogP contribution < -0.4 is 0 Å². The van der Waals surface area contributed by atoms with E-state index in [-0.39, 0.29) is 5.41 Å². The molecule has 0 saturated carbocycles. The highest BCUT2D eigenvalue weighted by Gasteiger charge is 2.26. The van der Waals surface area contributed by atoms with Crippen LogP contribution >= 0.6 is 0 Å². The van der Waals surface area contributed by atoms with Gasteiger partial charge < -0.3 is 9.30 Å². The number of ether oxygens (including phenoxy) is 1. The third-order valence-corrected chi connectivity index (χ3v) is 3.32. The van der Waals surface area contributed by atoms with Crippen LogP contribution in [0.2, 0.25) is 0 Å². The van der Waals surface area contributed by atoms with Crippen LogP contribution in [0.25, 0.3) is 0 Å². The van der Waals surface area contributed by atoms with Crippen molar-refractivity contribution in [3.05, 3.63) is 53.6 Å². The lowest BCUT2D eigenvalue weighted by Gasteiger charge is -2.24. The van der Waals surface area contributed by atoms with Crippen LogP contribution in [-0.4, -0.2) is 22.4 Å². The fraction of sp³-hybridized carbons (Fsp3) is 0.375. The fourth-order valence-corrected chi connectivity index (χ4v) is 2.22. The molecule has 4 heteroatoms. The molecular weight excluding hydrogens is 252 g/mol. The fourth-order valence-electron chi connectivity index (χ4n) is 2.22. The third-order valence-electron chi connectivity index (χ3n) is 3.32. The molecule has 1 aromatic carbocycles. The maximum atomic E-state index is 10.9. The number of nitrogens with zero attached hydrogens (tertiary/aromatic N) is 2. The Balaban J connectivity index is 2.00. The Kier molecular flexibility index (Phi) is 4.35. The molecule has 20 heavy (non-hydrogen) atoms. The largest absolute Gasteiger partial charge is 0.376 e. The Morgan fingerprint density at radius 3 is 2.60 bits per heavy atom. The van der Waals surface area contributed by atoms with Crippen molar-refractivity contribution in [1.29, 1.82) is 0 Å². The number of aldehydes is 1. The molecule has 0 spiro atoms. The Morgan fingerprint density at radius 2 is 2.00 bits per heavy atom. The van der Waals surface area contributed by atoms with E-state index in [2.05, 4.69) is 18.8 Å². The number of benzene rings is 1. The van der Waals surface area contributed by atoms with E-state index in [1.807, 2.05) is 41.9 Å². The summed E-state index contributed by atoms with van der Waals surface area (Å²) in [7, 11) is 1.85. The molecule has 0 unspecified atom stereocenters. The van der Waals surface area contributed by atoms with Gasteiger partial charge in [-0.1, -0.05) is 44.2 Å². The first-order valence-electron chi connectivity index (χ1n) is 6.63. The van der Waals surface area contributed by atoms with Gasteiger partial charge in [-0.15, -0.1) is 0 Å². The lowest BCUT2D eigenvalue weighted by atomic mass is 9.93. The van der Waals surface area contributed by atoms with Crippen LogP contribution in [-0.2, 0) is 23.8 Å². The summed E-state index contributed by atoms with van der Waals surface area (Å²) < 4.78 is 7.61. The minimum Gasteiger partial charge on any atom is -0.376 e. The van der Waals surface area contributed by atoms with Crippen molar-refractivity contribution in [2.75, 3.05) is 6.61 Å². The van der Waals surface area contributed by atoms with E-state index in [1.165, 1.54) is 0 Å². The van der Waals surface area contributed by atoms with E-state index in [0.717, 1.165) is 17.7 Å². The zero-order valence-corrected chi connectivity index (χ0v) is 12.2. The van der Waals surface area contributed by atoms with Gasteiger partial charge in [-0.05, 0) is 5.56 Å². The van der Waals surface area contributed by atoms with Gasteiger partial charge in [0.05, 0.1) is 19.4 Å². The first-order valence-corrected chi connectivity index (χ1v) is 6.63. The number of rotatable bonds is 6.